The van der Waals surface area contributed by atoms with Crippen molar-refractivity contribution in [3.63, 3.8) is 0 Å². The third kappa shape index (κ3) is 5.33. The molecule has 1 aromatic carbocycles. The zero-order valence-corrected chi connectivity index (χ0v) is 12.5. The van der Waals surface area contributed by atoms with Gasteiger partial charge in [-0.25, -0.2) is 0 Å². The number of rotatable bonds is 8. The molecule has 0 aliphatic heterocycles. The largest absolute Gasteiger partial charge is 0.376 e. The minimum Gasteiger partial charge on any atom is -0.376 e. The van der Waals surface area contributed by atoms with E-state index < -0.39 is 0 Å². The molecule has 1 atom stereocenters. The average molecular weight is 261 g/mol. The van der Waals surface area contributed by atoms with Crippen LogP contribution in [0.5, 0.6) is 0 Å². The fourth-order valence-corrected chi connectivity index (χ4v) is 2.10. The number of hydrogen-bond acceptors (Lipinski definition) is 2. The first-order valence-electron chi connectivity index (χ1n) is 7.55. The molecule has 1 N–H and O–H groups in total. The zero-order valence-electron chi connectivity index (χ0n) is 12.5. The molecule has 0 spiro atoms. The van der Waals surface area contributed by atoms with Crippen molar-refractivity contribution in [2.45, 2.75) is 52.2 Å². The molecule has 2 rings (SSSR count). The maximum atomic E-state index is 5.71. The van der Waals surface area contributed by atoms with E-state index in [1.54, 1.807) is 0 Å². The van der Waals surface area contributed by atoms with Crippen LogP contribution in [0.15, 0.2) is 24.3 Å². The average Bonchev–Trinajstić information content (AvgIpc) is 3.21. The van der Waals surface area contributed by atoms with E-state index in [9.17, 15) is 0 Å². The number of nitrogens with one attached hydrogen (secondary N) is 1. The molecular formula is C17H27NO. The van der Waals surface area contributed by atoms with E-state index in [0.717, 1.165) is 25.7 Å². The third-order valence-corrected chi connectivity index (χ3v) is 3.70. The molecule has 106 valence electrons. The summed E-state index contributed by atoms with van der Waals surface area (Å²) in [7, 11) is 0. The van der Waals surface area contributed by atoms with Crippen molar-refractivity contribution >= 4 is 0 Å². The van der Waals surface area contributed by atoms with Gasteiger partial charge in [0.25, 0.3) is 0 Å². The van der Waals surface area contributed by atoms with E-state index in [1.807, 2.05) is 0 Å². The van der Waals surface area contributed by atoms with Crippen molar-refractivity contribution in [2.24, 2.45) is 5.92 Å². The van der Waals surface area contributed by atoms with E-state index >= 15 is 0 Å². The topological polar surface area (TPSA) is 21.3 Å². The summed E-state index contributed by atoms with van der Waals surface area (Å²) in [5.74, 6) is 1.41. The van der Waals surface area contributed by atoms with Gasteiger partial charge in [0.05, 0.1) is 6.61 Å². The van der Waals surface area contributed by atoms with Crippen LogP contribution in [0.3, 0.4) is 0 Å². The van der Waals surface area contributed by atoms with Crippen molar-refractivity contribution in [1.29, 1.82) is 0 Å². The van der Waals surface area contributed by atoms with Gasteiger partial charge in [-0.15, -0.1) is 0 Å². The number of hydrogen-bond donors (Lipinski definition) is 1. The van der Waals surface area contributed by atoms with E-state index in [4.69, 9.17) is 4.74 Å². The smallest absolute Gasteiger partial charge is 0.0717 e. The number of ether oxygens (including phenoxy) is 1. The van der Waals surface area contributed by atoms with Crippen molar-refractivity contribution in [3.05, 3.63) is 35.4 Å². The van der Waals surface area contributed by atoms with Crippen LogP contribution in [0.4, 0.5) is 0 Å². The minimum absolute atomic E-state index is 0.553. The summed E-state index contributed by atoms with van der Waals surface area (Å²) < 4.78 is 5.71. The standard InChI is InChI=1S/C17H27NO/c1-13(2)18-10-14(3)17-8-6-16(7-9-17)12-19-11-15-4-5-15/h6-9,13-15,18H,4-5,10-12H2,1-3H3. The van der Waals surface area contributed by atoms with Crippen LogP contribution in [0.2, 0.25) is 0 Å². The highest BCUT2D eigenvalue weighted by Crippen LogP contribution is 2.29. The van der Waals surface area contributed by atoms with Crippen LogP contribution >= 0.6 is 0 Å². The summed E-state index contributed by atoms with van der Waals surface area (Å²) in [6.07, 6.45) is 2.72. The maximum absolute atomic E-state index is 5.71. The summed E-state index contributed by atoms with van der Waals surface area (Å²) in [5, 5.41) is 3.49. The second-order valence-electron chi connectivity index (χ2n) is 6.16. The normalized spacial score (nSPS) is 16.8. The summed E-state index contributed by atoms with van der Waals surface area (Å²) in [5.41, 5.74) is 2.69. The van der Waals surface area contributed by atoms with Gasteiger partial charge < -0.3 is 10.1 Å². The van der Waals surface area contributed by atoms with E-state index in [2.05, 4.69) is 50.4 Å². The lowest BCUT2D eigenvalue weighted by molar-refractivity contribution is 0.111. The fourth-order valence-electron chi connectivity index (χ4n) is 2.10. The first kappa shape index (κ1) is 14.5. The molecule has 0 amide bonds. The monoisotopic (exact) mass is 261 g/mol. The van der Waals surface area contributed by atoms with Crippen LogP contribution < -0.4 is 5.32 Å². The van der Waals surface area contributed by atoms with Crippen molar-refractivity contribution < 1.29 is 4.74 Å². The van der Waals surface area contributed by atoms with Crippen molar-refractivity contribution in [2.75, 3.05) is 13.2 Å². The zero-order chi connectivity index (χ0) is 13.7. The Bertz CT molecular complexity index is 367. The first-order chi connectivity index (χ1) is 9.15. The molecule has 0 bridgehead atoms. The Hall–Kier alpha value is -0.860. The van der Waals surface area contributed by atoms with Crippen LogP contribution in [0, 0.1) is 5.92 Å². The molecule has 2 heteroatoms. The molecule has 1 aliphatic rings. The molecule has 0 radical (unpaired) electrons. The van der Waals surface area contributed by atoms with Gasteiger partial charge >= 0.3 is 0 Å². The van der Waals surface area contributed by atoms with Gasteiger partial charge in [0.1, 0.15) is 0 Å². The second kappa shape index (κ2) is 7.06. The molecule has 1 aliphatic carbocycles. The highest BCUT2D eigenvalue weighted by atomic mass is 16.5. The van der Waals surface area contributed by atoms with E-state index in [1.165, 1.54) is 24.0 Å². The summed E-state index contributed by atoms with van der Waals surface area (Å²) in [6, 6.07) is 9.44. The molecule has 0 aromatic heterocycles. The molecule has 19 heavy (non-hydrogen) atoms. The summed E-state index contributed by atoms with van der Waals surface area (Å²) >= 11 is 0. The van der Waals surface area contributed by atoms with Gasteiger partial charge in [-0.3, -0.25) is 0 Å². The van der Waals surface area contributed by atoms with Crippen LogP contribution in [-0.2, 0) is 11.3 Å². The lowest BCUT2D eigenvalue weighted by Gasteiger charge is -2.15. The Morgan fingerprint density at radius 2 is 1.84 bits per heavy atom. The van der Waals surface area contributed by atoms with Gasteiger partial charge in [-0.05, 0) is 35.8 Å². The Labute approximate surface area is 117 Å². The van der Waals surface area contributed by atoms with Gasteiger partial charge in [-0.1, -0.05) is 45.0 Å². The molecule has 1 fully saturated rings. The van der Waals surface area contributed by atoms with Crippen LogP contribution in [0.1, 0.15) is 50.7 Å². The first-order valence-corrected chi connectivity index (χ1v) is 7.55. The van der Waals surface area contributed by atoms with E-state index in [0.29, 0.717) is 12.0 Å². The lowest BCUT2D eigenvalue weighted by Crippen LogP contribution is -2.26. The molecule has 0 saturated heterocycles. The highest BCUT2D eigenvalue weighted by Gasteiger charge is 2.20. The second-order valence-corrected chi connectivity index (χ2v) is 6.16. The molecule has 0 heterocycles. The van der Waals surface area contributed by atoms with Gasteiger partial charge in [-0.2, -0.15) is 0 Å². The predicted molar refractivity (Wildman–Crippen MR) is 80.4 cm³/mol. The SMILES string of the molecule is CC(C)NCC(C)c1ccc(COCC2CC2)cc1. The Balaban J connectivity index is 1.75. The predicted octanol–water partition coefficient (Wildman–Crippen LogP) is 3.71. The molecule has 2 nitrogen and oxygen atoms in total. The fraction of sp³-hybridized carbons (Fsp3) is 0.647. The van der Waals surface area contributed by atoms with Gasteiger partial charge in [0.2, 0.25) is 0 Å². The Kier molecular flexibility index (Phi) is 5.41. The molecule has 1 saturated carbocycles. The van der Waals surface area contributed by atoms with Crippen LogP contribution in [0.25, 0.3) is 0 Å². The molecular weight excluding hydrogens is 234 g/mol. The molecule has 1 unspecified atom stereocenters. The van der Waals surface area contributed by atoms with Gasteiger partial charge in [0.15, 0.2) is 0 Å². The summed E-state index contributed by atoms with van der Waals surface area (Å²) in [4.78, 5) is 0. The van der Waals surface area contributed by atoms with E-state index in [-0.39, 0.29) is 0 Å². The number of benzene rings is 1. The van der Waals surface area contributed by atoms with Crippen LogP contribution in [-0.4, -0.2) is 19.2 Å². The van der Waals surface area contributed by atoms with Crippen molar-refractivity contribution in [3.8, 4) is 0 Å². The Morgan fingerprint density at radius 3 is 2.42 bits per heavy atom. The lowest BCUT2D eigenvalue weighted by atomic mass is 9.99. The Morgan fingerprint density at radius 1 is 1.16 bits per heavy atom. The van der Waals surface area contributed by atoms with Crippen molar-refractivity contribution in [1.82, 2.24) is 5.32 Å². The highest BCUT2D eigenvalue weighted by molar-refractivity contribution is 5.24. The maximum Gasteiger partial charge on any atom is 0.0717 e. The van der Waals surface area contributed by atoms with Gasteiger partial charge in [0, 0.05) is 19.2 Å². The minimum atomic E-state index is 0.553. The molecule has 1 aromatic rings. The summed E-state index contributed by atoms with van der Waals surface area (Å²) in [6.45, 7) is 9.38. The third-order valence-electron chi connectivity index (χ3n) is 3.70. The quantitative estimate of drug-likeness (QED) is 0.770.